The number of nitrogens with one attached hydrogen (secondary N) is 1. The zero-order valence-corrected chi connectivity index (χ0v) is 16.6. The number of nitrogens with zero attached hydrogens (tertiary/aromatic N) is 5. The molecule has 0 radical (unpaired) electrons. The fourth-order valence-electron chi connectivity index (χ4n) is 3.54. The molecule has 0 saturated carbocycles. The van der Waals surface area contributed by atoms with E-state index in [2.05, 4.69) is 27.3 Å². The number of rotatable bonds is 2. The van der Waals surface area contributed by atoms with Crippen LogP contribution in [0.5, 0.6) is 0 Å². The number of anilines is 1. The number of likely N-dealkylation sites (N-methyl/N-ethyl adjacent to an activating group) is 1. The standard InChI is InChI=1S/C18H20Cl2N6O/c1-11-15(17(27)25-7-5-24(2)6-8-25)16(26-18(23-11)21-10-22-26)12-3-4-13(19)14(20)9-12/h3-4,9-10,16H,5-8H2,1-2H3,(H,21,22,23). The van der Waals surface area contributed by atoms with Gasteiger partial charge in [-0.2, -0.15) is 10.1 Å². The molecule has 142 valence electrons. The van der Waals surface area contributed by atoms with E-state index in [4.69, 9.17) is 23.2 Å². The number of piperazine rings is 1. The highest BCUT2D eigenvalue weighted by atomic mass is 35.5. The molecular weight excluding hydrogens is 387 g/mol. The number of carbonyl (C=O) groups excluding carboxylic acids is 1. The third-order valence-corrected chi connectivity index (χ3v) is 5.81. The Hall–Kier alpha value is -2.09. The highest BCUT2D eigenvalue weighted by molar-refractivity contribution is 6.42. The molecule has 4 rings (SSSR count). The van der Waals surface area contributed by atoms with Gasteiger partial charge in [0.2, 0.25) is 5.95 Å². The fraction of sp³-hybridized carbons (Fsp3) is 0.389. The molecule has 7 nitrogen and oxygen atoms in total. The van der Waals surface area contributed by atoms with E-state index in [-0.39, 0.29) is 5.91 Å². The molecule has 9 heteroatoms. The van der Waals surface area contributed by atoms with Gasteiger partial charge in [-0.05, 0) is 31.7 Å². The van der Waals surface area contributed by atoms with Gasteiger partial charge in [0.25, 0.3) is 5.91 Å². The van der Waals surface area contributed by atoms with Crippen molar-refractivity contribution in [3.63, 3.8) is 0 Å². The minimum atomic E-state index is -0.411. The molecule has 2 aliphatic heterocycles. The summed E-state index contributed by atoms with van der Waals surface area (Å²) in [6.07, 6.45) is 1.48. The van der Waals surface area contributed by atoms with Gasteiger partial charge in [-0.25, -0.2) is 4.68 Å². The van der Waals surface area contributed by atoms with Crippen molar-refractivity contribution in [1.29, 1.82) is 0 Å². The van der Waals surface area contributed by atoms with Gasteiger partial charge in [-0.3, -0.25) is 4.79 Å². The van der Waals surface area contributed by atoms with Crippen LogP contribution in [0.15, 0.2) is 35.8 Å². The van der Waals surface area contributed by atoms with Gasteiger partial charge >= 0.3 is 0 Å². The number of hydrogen-bond donors (Lipinski definition) is 1. The van der Waals surface area contributed by atoms with Crippen LogP contribution in [-0.2, 0) is 4.79 Å². The van der Waals surface area contributed by atoms with E-state index in [9.17, 15) is 4.79 Å². The van der Waals surface area contributed by atoms with E-state index < -0.39 is 6.04 Å². The van der Waals surface area contributed by atoms with Crippen LogP contribution < -0.4 is 5.32 Å². The van der Waals surface area contributed by atoms with Crippen LogP contribution in [0.1, 0.15) is 18.5 Å². The second kappa shape index (κ2) is 7.14. The van der Waals surface area contributed by atoms with Crippen LogP contribution in [0.4, 0.5) is 5.95 Å². The van der Waals surface area contributed by atoms with E-state index in [1.54, 1.807) is 16.8 Å². The van der Waals surface area contributed by atoms with Crippen molar-refractivity contribution in [2.45, 2.75) is 13.0 Å². The summed E-state index contributed by atoms with van der Waals surface area (Å²) >= 11 is 12.3. The van der Waals surface area contributed by atoms with Crippen LogP contribution in [0.3, 0.4) is 0 Å². The molecule has 1 N–H and O–H groups in total. The summed E-state index contributed by atoms with van der Waals surface area (Å²) in [7, 11) is 2.06. The normalized spacial score (nSPS) is 20.4. The number of fused-ring (bicyclic) bond motifs is 1. The Morgan fingerprint density at radius 2 is 1.93 bits per heavy atom. The SMILES string of the molecule is CC1=C(C(=O)N2CCN(C)CC2)C(c2ccc(Cl)c(Cl)c2)n2ncnc2N1. The molecular formula is C18H20Cl2N6O. The van der Waals surface area contributed by atoms with Gasteiger partial charge < -0.3 is 15.1 Å². The number of allylic oxidation sites excluding steroid dienone is 1. The first-order valence-corrected chi connectivity index (χ1v) is 9.51. The Morgan fingerprint density at radius 1 is 1.19 bits per heavy atom. The Morgan fingerprint density at radius 3 is 2.63 bits per heavy atom. The Labute approximate surface area is 167 Å². The molecule has 0 aliphatic carbocycles. The molecule has 1 fully saturated rings. The van der Waals surface area contributed by atoms with Crippen molar-refractivity contribution in [1.82, 2.24) is 24.6 Å². The van der Waals surface area contributed by atoms with Crippen molar-refractivity contribution >= 4 is 35.1 Å². The average molecular weight is 407 g/mol. The molecule has 1 unspecified atom stereocenters. The molecule has 3 heterocycles. The topological polar surface area (TPSA) is 66.3 Å². The summed E-state index contributed by atoms with van der Waals surface area (Å²) in [4.78, 5) is 21.8. The summed E-state index contributed by atoms with van der Waals surface area (Å²) in [6, 6.07) is 4.99. The Balaban J connectivity index is 1.77. The van der Waals surface area contributed by atoms with E-state index in [1.165, 1.54) is 6.33 Å². The van der Waals surface area contributed by atoms with Gasteiger partial charge in [0, 0.05) is 31.9 Å². The minimum Gasteiger partial charge on any atom is -0.336 e. The lowest BCUT2D eigenvalue weighted by Crippen LogP contribution is -2.49. The maximum absolute atomic E-state index is 13.4. The molecule has 27 heavy (non-hydrogen) atoms. The van der Waals surface area contributed by atoms with Gasteiger partial charge in [0.15, 0.2) is 0 Å². The van der Waals surface area contributed by atoms with Crippen LogP contribution in [0, 0.1) is 0 Å². The summed E-state index contributed by atoms with van der Waals surface area (Å²) in [6.45, 7) is 5.01. The van der Waals surface area contributed by atoms with Crippen molar-refractivity contribution in [3.8, 4) is 0 Å². The van der Waals surface area contributed by atoms with E-state index in [1.807, 2.05) is 17.9 Å². The lowest BCUT2D eigenvalue weighted by molar-refractivity contribution is -0.129. The summed E-state index contributed by atoms with van der Waals surface area (Å²) in [5, 5.41) is 8.46. The third-order valence-electron chi connectivity index (χ3n) is 5.07. The fourth-order valence-corrected chi connectivity index (χ4v) is 3.84. The third kappa shape index (κ3) is 3.31. The lowest BCUT2D eigenvalue weighted by Gasteiger charge is -2.36. The molecule has 2 aliphatic rings. The number of amides is 1. The molecule has 1 amide bonds. The average Bonchev–Trinajstić information content (AvgIpc) is 3.11. The van der Waals surface area contributed by atoms with E-state index >= 15 is 0 Å². The first-order valence-electron chi connectivity index (χ1n) is 8.76. The van der Waals surface area contributed by atoms with Crippen LogP contribution in [0.25, 0.3) is 0 Å². The van der Waals surface area contributed by atoms with Crippen molar-refractivity contribution < 1.29 is 4.79 Å². The van der Waals surface area contributed by atoms with Crippen molar-refractivity contribution in [2.24, 2.45) is 0 Å². The maximum atomic E-state index is 13.4. The molecule has 0 spiro atoms. The number of benzene rings is 1. The highest BCUT2D eigenvalue weighted by Crippen LogP contribution is 2.37. The van der Waals surface area contributed by atoms with Crippen LogP contribution in [0.2, 0.25) is 10.0 Å². The molecule has 0 bridgehead atoms. The zero-order valence-electron chi connectivity index (χ0n) is 15.1. The number of halogens is 2. The predicted molar refractivity (Wildman–Crippen MR) is 105 cm³/mol. The van der Waals surface area contributed by atoms with Gasteiger partial charge in [-0.1, -0.05) is 29.3 Å². The Kier molecular flexibility index (Phi) is 4.84. The first kappa shape index (κ1) is 18.3. The molecule has 1 aromatic heterocycles. The maximum Gasteiger partial charge on any atom is 0.254 e. The summed E-state index contributed by atoms with van der Waals surface area (Å²) in [5.41, 5.74) is 2.26. The first-order chi connectivity index (χ1) is 13.0. The summed E-state index contributed by atoms with van der Waals surface area (Å²) < 4.78 is 1.72. The molecule has 1 atom stereocenters. The van der Waals surface area contributed by atoms with E-state index in [0.29, 0.717) is 34.7 Å². The predicted octanol–water partition coefficient (Wildman–Crippen LogP) is 2.65. The monoisotopic (exact) mass is 406 g/mol. The molecule has 1 aromatic carbocycles. The van der Waals surface area contributed by atoms with Gasteiger partial charge in [-0.15, -0.1) is 0 Å². The molecule has 1 saturated heterocycles. The van der Waals surface area contributed by atoms with Crippen molar-refractivity contribution in [3.05, 3.63) is 51.4 Å². The van der Waals surface area contributed by atoms with Crippen molar-refractivity contribution in [2.75, 3.05) is 38.5 Å². The molecule has 2 aromatic rings. The second-order valence-electron chi connectivity index (χ2n) is 6.86. The van der Waals surface area contributed by atoms with Gasteiger partial charge in [0.1, 0.15) is 12.4 Å². The van der Waals surface area contributed by atoms with Gasteiger partial charge in [0.05, 0.1) is 15.6 Å². The second-order valence-corrected chi connectivity index (χ2v) is 7.68. The number of carbonyl (C=O) groups is 1. The van der Waals surface area contributed by atoms with E-state index in [0.717, 1.165) is 24.4 Å². The summed E-state index contributed by atoms with van der Waals surface area (Å²) in [5.74, 6) is 0.601. The lowest BCUT2D eigenvalue weighted by atomic mass is 9.94. The smallest absolute Gasteiger partial charge is 0.254 e. The number of hydrogen-bond acceptors (Lipinski definition) is 5. The highest BCUT2D eigenvalue weighted by Gasteiger charge is 2.36. The van der Waals surface area contributed by atoms with Crippen LogP contribution >= 0.6 is 23.2 Å². The van der Waals surface area contributed by atoms with Crippen LogP contribution in [-0.4, -0.2) is 63.7 Å². The minimum absolute atomic E-state index is 0.00493. The Bertz CT molecular complexity index is 916. The quantitative estimate of drug-likeness (QED) is 0.829. The number of aromatic nitrogens is 3. The zero-order chi connectivity index (χ0) is 19.1. The largest absolute Gasteiger partial charge is 0.336 e.